The van der Waals surface area contributed by atoms with Crippen molar-refractivity contribution in [1.29, 1.82) is 0 Å². The number of nitrogens with one attached hydrogen (secondary N) is 1. The lowest BCUT2D eigenvalue weighted by Crippen LogP contribution is -2.33. The highest BCUT2D eigenvalue weighted by Gasteiger charge is 2.09. The Balaban J connectivity index is 1.79. The van der Waals surface area contributed by atoms with Crippen LogP contribution in [0.3, 0.4) is 0 Å². The van der Waals surface area contributed by atoms with E-state index >= 15 is 0 Å². The van der Waals surface area contributed by atoms with Crippen molar-refractivity contribution >= 4 is 11.7 Å². The normalized spacial score (nSPS) is 10.2. The molecule has 120 valence electrons. The van der Waals surface area contributed by atoms with Crippen LogP contribution in [0.4, 0.5) is 4.39 Å². The van der Waals surface area contributed by atoms with E-state index in [1.54, 1.807) is 6.07 Å². The predicted octanol–water partition coefficient (Wildman–Crippen LogP) is 2.82. The third-order valence-corrected chi connectivity index (χ3v) is 3.46. The third kappa shape index (κ3) is 4.92. The third-order valence-electron chi connectivity index (χ3n) is 3.46. The molecule has 0 aliphatic carbocycles. The first-order chi connectivity index (χ1) is 11.0. The van der Waals surface area contributed by atoms with E-state index in [1.807, 2.05) is 26.0 Å². The minimum Gasteiger partial charge on any atom is -0.484 e. The molecule has 2 aromatic carbocycles. The lowest BCUT2D eigenvalue weighted by atomic mass is 10.1. The van der Waals surface area contributed by atoms with E-state index in [2.05, 4.69) is 5.32 Å². The van der Waals surface area contributed by atoms with Gasteiger partial charge in [0.05, 0.1) is 6.54 Å². The van der Waals surface area contributed by atoms with Gasteiger partial charge in [-0.1, -0.05) is 6.07 Å². The maximum absolute atomic E-state index is 12.8. The minimum absolute atomic E-state index is 0.152. The Kier molecular flexibility index (Phi) is 5.46. The summed E-state index contributed by atoms with van der Waals surface area (Å²) in [5.41, 5.74) is 2.57. The van der Waals surface area contributed by atoms with Crippen molar-refractivity contribution in [2.75, 3.05) is 13.2 Å². The summed E-state index contributed by atoms with van der Waals surface area (Å²) in [6.07, 6.45) is 0. The summed E-state index contributed by atoms with van der Waals surface area (Å²) in [5.74, 6) is -0.483. The fourth-order valence-electron chi connectivity index (χ4n) is 1.92. The van der Waals surface area contributed by atoms with E-state index in [9.17, 15) is 14.0 Å². The first-order valence-electron chi connectivity index (χ1n) is 7.21. The van der Waals surface area contributed by atoms with Crippen molar-refractivity contribution in [3.05, 3.63) is 65.0 Å². The van der Waals surface area contributed by atoms with Crippen LogP contribution in [-0.4, -0.2) is 24.8 Å². The van der Waals surface area contributed by atoms with Gasteiger partial charge in [0.15, 0.2) is 12.4 Å². The fraction of sp³-hybridized carbons (Fsp3) is 0.222. The molecule has 0 bridgehead atoms. The number of Topliss-reactive ketones (excluding diaryl/α,β-unsaturated/α-hetero) is 1. The van der Waals surface area contributed by atoms with Crippen LogP contribution < -0.4 is 10.1 Å². The number of ether oxygens (including phenoxy) is 1. The predicted molar refractivity (Wildman–Crippen MR) is 85.2 cm³/mol. The molecule has 0 heterocycles. The van der Waals surface area contributed by atoms with Crippen LogP contribution in [0.1, 0.15) is 21.5 Å². The number of aryl methyl sites for hydroxylation is 2. The molecule has 0 aliphatic rings. The van der Waals surface area contributed by atoms with E-state index in [-0.39, 0.29) is 18.9 Å². The monoisotopic (exact) mass is 315 g/mol. The topological polar surface area (TPSA) is 55.4 Å². The van der Waals surface area contributed by atoms with Gasteiger partial charge in [-0.25, -0.2) is 4.39 Å². The van der Waals surface area contributed by atoms with Crippen LogP contribution in [0.2, 0.25) is 0 Å². The number of ketones is 1. The lowest BCUT2D eigenvalue weighted by molar-refractivity contribution is -0.122. The zero-order valence-electron chi connectivity index (χ0n) is 13.1. The second-order valence-corrected chi connectivity index (χ2v) is 5.24. The SMILES string of the molecule is Cc1ccc(OCC(=O)NCC(=O)c2ccc(F)cc2)cc1C. The molecule has 2 rings (SSSR count). The van der Waals surface area contributed by atoms with Crippen molar-refractivity contribution in [3.63, 3.8) is 0 Å². The number of benzene rings is 2. The molecule has 5 heteroatoms. The average molecular weight is 315 g/mol. The zero-order valence-corrected chi connectivity index (χ0v) is 13.1. The summed E-state index contributed by atoms with van der Waals surface area (Å²) >= 11 is 0. The molecule has 0 aliphatic heterocycles. The molecule has 0 saturated heterocycles. The number of hydrogen-bond acceptors (Lipinski definition) is 3. The highest BCUT2D eigenvalue weighted by Crippen LogP contribution is 2.16. The minimum atomic E-state index is -0.410. The zero-order chi connectivity index (χ0) is 16.8. The van der Waals surface area contributed by atoms with Gasteiger partial charge in [0.1, 0.15) is 11.6 Å². The molecule has 0 atom stereocenters. The Bertz CT molecular complexity index is 711. The maximum Gasteiger partial charge on any atom is 0.258 e. The summed E-state index contributed by atoms with van der Waals surface area (Å²) in [6, 6.07) is 10.7. The quantitative estimate of drug-likeness (QED) is 0.834. The molecule has 2 aromatic rings. The molecular formula is C18H18FNO3. The molecule has 0 fully saturated rings. The Hall–Kier alpha value is -2.69. The number of rotatable bonds is 6. The van der Waals surface area contributed by atoms with Gasteiger partial charge in [0.2, 0.25) is 0 Å². The summed E-state index contributed by atoms with van der Waals surface area (Å²) in [5, 5.41) is 2.48. The van der Waals surface area contributed by atoms with E-state index in [0.717, 1.165) is 11.1 Å². The van der Waals surface area contributed by atoms with E-state index in [4.69, 9.17) is 4.74 Å². The maximum atomic E-state index is 12.8. The van der Waals surface area contributed by atoms with E-state index < -0.39 is 11.7 Å². The largest absolute Gasteiger partial charge is 0.484 e. The molecule has 23 heavy (non-hydrogen) atoms. The Morgan fingerprint density at radius 3 is 2.39 bits per heavy atom. The Morgan fingerprint density at radius 2 is 1.74 bits per heavy atom. The lowest BCUT2D eigenvalue weighted by Gasteiger charge is -2.09. The van der Waals surface area contributed by atoms with Gasteiger partial charge >= 0.3 is 0 Å². The summed E-state index contributed by atoms with van der Waals surface area (Å²) in [4.78, 5) is 23.5. The standard InChI is InChI=1S/C18H18FNO3/c1-12-3-8-16(9-13(12)2)23-11-18(22)20-10-17(21)14-4-6-15(19)7-5-14/h3-9H,10-11H2,1-2H3,(H,20,22). The van der Waals surface area contributed by atoms with Gasteiger partial charge in [0, 0.05) is 5.56 Å². The van der Waals surface area contributed by atoms with Crippen LogP contribution in [0.15, 0.2) is 42.5 Å². The van der Waals surface area contributed by atoms with Gasteiger partial charge in [0.25, 0.3) is 5.91 Å². The first-order valence-corrected chi connectivity index (χ1v) is 7.21. The molecule has 0 spiro atoms. The van der Waals surface area contributed by atoms with Crippen LogP contribution in [0.5, 0.6) is 5.75 Å². The number of amides is 1. The summed E-state index contributed by atoms with van der Waals surface area (Å²) in [7, 11) is 0. The Morgan fingerprint density at radius 1 is 1.04 bits per heavy atom. The van der Waals surface area contributed by atoms with E-state index in [1.165, 1.54) is 24.3 Å². The molecular weight excluding hydrogens is 297 g/mol. The van der Waals surface area contributed by atoms with Crippen molar-refractivity contribution in [2.24, 2.45) is 0 Å². The molecule has 0 radical (unpaired) electrons. The Labute approximate surface area is 134 Å². The fourth-order valence-corrected chi connectivity index (χ4v) is 1.92. The van der Waals surface area contributed by atoms with Gasteiger partial charge in [-0.15, -0.1) is 0 Å². The van der Waals surface area contributed by atoms with Crippen LogP contribution in [0.25, 0.3) is 0 Å². The number of carbonyl (C=O) groups is 2. The van der Waals surface area contributed by atoms with Crippen LogP contribution in [-0.2, 0) is 4.79 Å². The van der Waals surface area contributed by atoms with Gasteiger partial charge in [-0.3, -0.25) is 9.59 Å². The van der Waals surface area contributed by atoms with Crippen molar-refractivity contribution in [3.8, 4) is 5.75 Å². The smallest absolute Gasteiger partial charge is 0.258 e. The first kappa shape index (κ1) is 16.7. The van der Waals surface area contributed by atoms with Gasteiger partial charge in [-0.2, -0.15) is 0 Å². The molecule has 1 N–H and O–H groups in total. The summed E-state index contributed by atoms with van der Waals surface area (Å²) in [6.45, 7) is 3.64. The van der Waals surface area contributed by atoms with Crippen molar-refractivity contribution < 1.29 is 18.7 Å². The summed E-state index contributed by atoms with van der Waals surface area (Å²) < 4.78 is 18.2. The van der Waals surface area contributed by atoms with Crippen LogP contribution in [0, 0.1) is 19.7 Å². The highest BCUT2D eigenvalue weighted by molar-refractivity contribution is 5.99. The van der Waals surface area contributed by atoms with Crippen LogP contribution >= 0.6 is 0 Å². The second-order valence-electron chi connectivity index (χ2n) is 5.24. The van der Waals surface area contributed by atoms with Gasteiger partial charge < -0.3 is 10.1 Å². The molecule has 0 saturated carbocycles. The molecule has 0 aromatic heterocycles. The second kappa shape index (κ2) is 7.54. The van der Waals surface area contributed by atoms with Gasteiger partial charge in [-0.05, 0) is 61.4 Å². The van der Waals surface area contributed by atoms with E-state index in [0.29, 0.717) is 11.3 Å². The average Bonchev–Trinajstić information content (AvgIpc) is 2.54. The molecule has 1 amide bonds. The number of carbonyl (C=O) groups excluding carboxylic acids is 2. The molecule has 4 nitrogen and oxygen atoms in total. The number of halogens is 1. The van der Waals surface area contributed by atoms with Crippen molar-refractivity contribution in [2.45, 2.75) is 13.8 Å². The highest BCUT2D eigenvalue weighted by atomic mass is 19.1. The molecule has 0 unspecified atom stereocenters. The number of hydrogen-bond donors (Lipinski definition) is 1. The van der Waals surface area contributed by atoms with Crippen molar-refractivity contribution in [1.82, 2.24) is 5.32 Å².